The van der Waals surface area contributed by atoms with Crippen LogP contribution >= 0.6 is 0 Å². The molecule has 0 aliphatic carbocycles. The zero-order chi connectivity index (χ0) is 6.78. The Balaban J connectivity index is 3.89. The van der Waals surface area contributed by atoms with Gasteiger partial charge >= 0.3 is 0 Å². The van der Waals surface area contributed by atoms with Crippen LogP contribution in [0, 0.1) is 5.21 Å². The SMILES string of the molecule is C[N+]([O-])=NC(C)(C)C. The first-order chi connectivity index (χ1) is 3.42. The lowest BCUT2D eigenvalue weighted by atomic mass is 10.1. The highest BCUT2D eigenvalue weighted by atomic mass is 16.5. The van der Waals surface area contributed by atoms with Gasteiger partial charge in [0, 0.05) is 0 Å². The minimum Gasteiger partial charge on any atom is -0.600 e. The topological polar surface area (TPSA) is 38.4 Å². The highest BCUT2D eigenvalue weighted by molar-refractivity contribution is 4.63. The molecule has 0 amide bonds. The predicted octanol–water partition coefficient (Wildman–Crippen LogP) is 1.38. The summed E-state index contributed by atoms with van der Waals surface area (Å²) in [4.78, 5) is 0.583. The fourth-order valence-electron chi connectivity index (χ4n) is 0.422. The summed E-state index contributed by atoms with van der Waals surface area (Å²) in [6.07, 6.45) is 0. The van der Waals surface area contributed by atoms with Crippen molar-refractivity contribution in [3.05, 3.63) is 5.21 Å². The van der Waals surface area contributed by atoms with E-state index in [0.717, 1.165) is 0 Å². The zero-order valence-electron chi connectivity index (χ0n) is 5.80. The Hall–Kier alpha value is -0.600. The lowest BCUT2D eigenvalue weighted by molar-refractivity contribution is -0.505. The van der Waals surface area contributed by atoms with Crippen LogP contribution < -0.4 is 0 Å². The van der Waals surface area contributed by atoms with Crippen LogP contribution in [-0.4, -0.2) is 17.4 Å². The molecular formula is C5H12N2O. The summed E-state index contributed by atoms with van der Waals surface area (Å²) in [7, 11) is 1.38. The summed E-state index contributed by atoms with van der Waals surface area (Å²) in [5, 5.41) is 13.9. The van der Waals surface area contributed by atoms with Crippen LogP contribution in [0.1, 0.15) is 20.8 Å². The Morgan fingerprint density at radius 3 is 1.75 bits per heavy atom. The Morgan fingerprint density at radius 1 is 1.38 bits per heavy atom. The van der Waals surface area contributed by atoms with Gasteiger partial charge in [-0.15, -0.1) is 0 Å². The average molecular weight is 116 g/mol. The molecule has 3 nitrogen and oxygen atoms in total. The Kier molecular flexibility index (Phi) is 1.95. The lowest BCUT2D eigenvalue weighted by Gasteiger charge is -2.06. The third kappa shape index (κ3) is 5.40. The Labute approximate surface area is 49.6 Å². The molecule has 48 valence electrons. The molecule has 0 unspecified atom stereocenters. The quantitative estimate of drug-likeness (QED) is 0.267. The molecule has 0 atom stereocenters. The summed E-state index contributed by atoms with van der Waals surface area (Å²) in [6, 6.07) is 0. The maximum Gasteiger partial charge on any atom is 0.171 e. The van der Waals surface area contributed by atoms with E-state index < -0.39 is 0 Å². The van der Waals surface area contributed by atoms with Gasteiger partial charge in [0.2, 0.25) is 0 Å². The number of nitrogens with zero attached hydrogens (tertiary/aromatic N) is 2. The van der Waals surface area contributed by atoms with E-state index in [4.69, 9.17) is 0 Å². The fraction of sp³-hybridized carbons (Fsp3) is 1.00. The van der Waals surface area contributed by atoms with Crippen molar-refractivity contribution in [1.29, 1.82) is 0 Å². The summed E-state index contributed by atoms with van der Waals surface area (Å²) in [5.74, 6) is 0. The molecule has 0 aliphatic heterocycles. The van der Waals surface area contributed by atoms with E-state index >= 15 is 0 Å². The normalized spacial score (nSPS) is 14.2. The van der Waals surface area contributed by atoms with E-state index in [1.165, 1.54) is 7.05 Å². The molecule has 0 spiro atoms. The van der Waals surface area contributed by atoms with Crippen molar-refractivity contribution in [2.24, 2.45) is 5.11 Å². The van der Waals surface area contributed by atoms with Gasteiger partial charge in [0.15, 0.2) is 7.05 Å². The maximum atomic E-state index is 10.2. The lowest BCUT2D eigenvalue weighted by Crippen LogP contribution is -2.12. The minimum absolute atomic E-state index is 0.240. The van der Waals surface area contributed by atoms with Gasteiger partial charge in [-0.1, -0.05) is 4.86 Å². The van der Waals surface area contributed by atoms with Crippen LogP contribution in [0.4, 0.5) is 0 Å². The number of hydrogen-bond donors (Lipinski definition) is 0. The van der Waals surface area contributed by atoms with E-state index in [-0.39, 0.29) is 5.54 Å². The second-order valence-corrected chi connectivity index (χ2v) is 2.74. The molecule has 0 saturated heterocycles. The first-order valence-electron chi connectivity index (χ1n) is 2.55. The van der Waals surface area contributed by atoms with Gasteiger partial charge in [-0.3, -0.25) is 0 Å². The number of azo groups is 1. The second kappa shape index (κ2) is 2.11. The average Bonchev–Trinajstić information content (AvgIpc) is 1.21. The molecule has 0 radical (unpaired) electrons. The first-order valence-corrected chi connectivity index (χ1v) is 2.55. The molecule has 0 heterocycles. The smallest absolute Gasteiger partial charge is 0.171 e. The highest BCUT2D eigenvalue weighted by Gasteiger charge is 2.10. The Bertz CT molecular complexity index is 97.5. The van der Waals surface area contributed by atoms with Crippen molar-refractivity contribution >= 4 is 0 Å². The molecule has 0 fully saturated rings. The van der Waals surface area contributed by atoms with Gasteiger partial charge in [-0.25, -0.2) is 0 Å². The largest absolute Gasteiger partial charge is 0.600 e. The first kappa shape index (κ1) is 7.40. The third-order valence-corrected chi connectivity index (χ3v) is 0.441. The third-order valence-electron chi connectivity index (χ3n) is 0.441. The molecule has 0 aromatic rings. The monoisotopic (exact) mass is 116 g/mol. The van der Waals surface area contributed by atoms with E-state index in [1.54, 1.807) is 0 Å². The van der Waals surface area contributed by atoms with Crippen LogP contribution in [0.5, 0.6) is 0 Å². The molecule has 0 aliphatic rings. The van der Waals surface area contributed by atoms with Crippen LogP contribution in [0.25, 0.3) is 0 Å². The number of hydroxylamine groups is 1. The summed E-state index contributed by atoms with van der Waals surface area (Å²) in [6.45, 7) is 5.63. The summed E-state index contributed by atoms with van der Waals surface area (Å²) < 4.78 is 0. The van der Waals surface area contributed by atoms with Gasteiger partial charge in [0.1, 0.15) is 5.54 Å². The zero-order valence-corrected chi connectivity index (χ0v) is 5.80. The van der Waals surface area contributed by atoms with E-state index in [9.17, 15) is 5.21 Å². The predicted molar refractivity (Wildman–Crippen MR) is 31.7 cm³/mol. The van der Waals surface area contributed by atoms with Crippen molar-refractivity contribution < 1.29 is 4.86 Å². The summed E-state index contributed by atoms with van der Waals surface area (Å²) in [5.41, 5.74) is -0.240. The molecule has 0 saturated carbocycles. The van der Waals surface area contributed by atoms with E-state index in [2.05, 4.69) is 5.11 Å². The second-order valence-electron chi connectivity index (χ2n) is 2.74. The van der Waals surface area contributed by atoms with Gasteiger partial charge in [0.25, 0.3) is 0 Å². The molecule has 0 aromatic heterocycles. The maximum absolute atomic E-state index is 10.2. The van der Waals surface area contributed by atoms with E-state index in [0.29, 0.717) is 4.86 Å². The standard InChI is InChI=1S/C5H12N2O/c1-5(2,3)6-7(4)8/h1-4H3. The molecule has 3 heteroatoms. The Morgan fingerprint density at radius 2 is 1.75 bits per heavy atom. The van der Waals surface area contributed by atoms with Crippen LogP contribution in [0.15, 0.2) is 5.11 Å². The van der Waals surface area contributed by atoms with Crippen LogP contribution in [-0.2, 0) is 0 Å². The van der Waals surface area contributed by atoms with Gasteiger partial charge < -0.3 is 5.21 Å². The van der Waals surface area contributed by atoms with Crippen molar-refractivity contribution in [2.75, 3.05) is 7.05 Å². The number of rotatable bonds is 0. The van der Waals surface area contributed by atoms with Crippen molar-refractivity contribution in [3.63, 3.8) is 0 Å². The molecule has 0 aromatic carbocycles. The van der Waals surface area contributed by atoms with Gasteiger partial charge in [-0.2, -0.15) is 0 Å². The number of hydrogen-bond acceptors (Lipinski definition) is 2. The summed E-state index contributed by atoms with van der Waals surface area (Å²) >= 11 is 0. The minimum atomic E-state index is -0.240. The van der Waals surface area contributed by atoms with Gasteiger partial charge in [0.05, 0.1) is 0 Å². The molecule has 0 rings (SSSR count). The highest BCUT2D eigenvalue weighted by Crippen LogP contribution is 2.04. The molecule has 0 N–H and O–H groups in total. The molecule has 8 heavy (non-hydrogen) atoms. The fourth-order valence-corrected chi connectivity index (χ4v) is 0.422. The van der Waals surface area contributed by atoms with Gasteiger partial charge in [-0.05, 0) is 25.9 Å². The van der Waals surface area contributed by atoms with Crippen LogP contribution in [0.3, 0.4) is 0 Å². The van der Waals surface area contributed by atoms with E-state index in [1.807, 2.05) is 20.8 Å². The van der Waals surface area contributed by atoms with Crippen molar-refractivity contribution in [1.82, 2.24) is 0 Å². The molecule has 0 bridgehead atoms. The molecular weight excluding hydrogens is 104 g/mol. The van der Waals surface area contributed by atoms with Crippen LogP contribution in [0.2, 0.25) is 0 Å². The van der Waals surface area contributed by atoms with Crippen molar-refractivity contribution in [2.45, 2.75) is 26.3 Å². The van der Waals surface area contributed by atoms with Crippen molar-refractivity contribution in [3.8, 4) is 0 Å².